The highest BCUT2D eigenvalue weighted by Gasteiger charge is 2.33. The van der Waals surface area contributed by atoms with E-state index in [1.165, 1.54) is 10.5 Å². The van der Waals surface area contributed by atoms with Crippen LogP contribution in [0, 0.1) is 5.92 Å². The second-order valence-corrected chi connectivity index (χ2v) is 7.20. The van der Waals surface area contributed by atoms with Gasteiger partial charge in [0, 0.05) is 18.7 Å². The zero-order chi connectivity index (χ0) is 15.0. The molecule has 2 heterocycles. The molecular weight excluding hydrogens is 288 g/mol. The minimum absolute atomic E-state index is 0.0916. The number of nitrogens with one attached hydrogen (secondary N) is 1. The van der Waals surface area contributed by atoms with Crippen molar-refractivity contribution in [2.45, 2.75) is 24.9 Å². The molecule has 0 saturated heterocycles. The third kappa shape index (κ3) is 2.32. The first-order valence-corrected chi connectivity index (χ1v) is 8.31. The summed E-state index contributed by atoms with van der Waals surface area (Å²) >= 11 is 0. The van der Waals surface area contributed by atoms with Gasteiger partial charge in [0.1, 0.15) is 0 Å². The van der Waals surface area contributed by atoms with Gasteiger partial charge in [0.05, 0.1) is 11.9 Å². The Morgan fingerprint density at radius 3 is 2.95 bits per heavy atom. The lowest BCUT2D eigenvalue weighted by atomic mass is 9.96. The van der Waals surface area contributed by atoms with E-state index in [2.05, 4.69) is 17.1 Å². The molecule has 0 bridgehead atoms. The fraction of sp³-hybridized carbons (Fsp3) is 0.357. The van der Waals surface area contributed by atoms with E-state index in [1.807, 2.05) is 24.3 Å². The molecule has 1 aromatic heterocycles. The summed E-state index contributed by atoms with van der Waals surface area (Å²) in [5.74, 6) is 0.263. The van der Waals surface area contributed by atoms with Gasteiger partial charge in [-0.1, -0.05) is 25.1 Å². The molecule has 7 heteroatoms. The number of anilines is 1. The number of H-pyrrole nitrogens is 1. The molecular formula is C14H18N4O2S. The van der Waals surface area contributed by atoms with E-state index >= 15 is 0 Å². The molecule has 0 spiro atoms. The lowest BCUT2D eigenvalue weighted by Gasteiger charge is -2.33. The van der Waals surface area contributed by atoms with Crippen LogP contribution in [0.2, 0.25) is 0 Å². The molecule has 1 aromatic carbocycles. The number of fused-ring (bicyclic) bond motifs is 1. The summed E-state index contributed by atoms with van der Waals surface area (Å²) in [4.78, 5) is 0. The van der Waals surface area contributed by atoms with Crippen LogP contribution >= 0.6 is 0 Å². The summed E-state index contributed by atoms with van der Waals surface area (Å²) in [5.41, 5.74) is 7.90. The number of rotatable bonds is 3. The topological polar surface area (TPSA) is 92.1 Å². The maximum Gasteiger partial charge on any atom is 0.281 e. The average molecular weight is 306 g/mol. The number of hydrogen-bond acceptors (Lipinski definition) is 4. The van der Waals surface area contributed by atoms with Crippen LogP contribution in [0.5, 0.6) is 0 Å². The van der Waals surface area contributed by atoms with Gasteiger partial charge in [0.15, 0.2) is 5.03 Å². The van der Waals surface area contributed by atoms with Gasteiger partial charge >= 0.3 is 0 Å². The highest BCUT2D eigenvalue weighted by Crippen LogP contribution is 2.33. The standard InChI is InChI=1S/C14H18N4O2S/c1-10-6-11-4-2-3-5-13(11)18(9-10)21(19,20)14-12(7-15)8-16-17-14/h2-5,8,10H,6-7,9,15H2,1H3,(H,16,17). The van der Waals surface area contributed by atoms with Crippen molar-refractivity contribution >= 4 is 15.7 Å². The monoisotopic (exact) mass is 306 g/mol. The van der Waals surface area contributed by atoms with E-state index in [4.69, 9.17) is 5.73 Å². The molecule has 112 valence electrons. The quantitative estimate of drug-likeness (QED) is 0.893. The van der Waals surface area contributed by atoms with Crippen molar-refractivity contribution in [2.24, 2.45) is 11.7 Å². The van der Waals surface area contributed by atoms with Gasteiger partial charge in [-0.05, 0) is 24.0 Å². The Morgan fingerprint density at radius 1 is 1.43 bits per heavy atom. The van der Waals surface area contributed by atoms with Crippen molar-refractivity contribution in [1.29, 1.82) is 0 Å². The zero-order valence-electron chi connectivity index (χ0n) is 11.8. The Bertz CT molecular complexity index is 754. The Hall–Kier alpha value is -1.86. The fourth-order valence-corrected chi connectivity index (χ4v) is 4.50. The summed E-state index contributed by atoms with van der Waals surface area (Å²) in [6.07, 6.45) is 2.35. The molecule has 3 rings (SSSR count). The second kappa shape index (κ2) is 5.16. The van der Waals surface area contributed by atoms with Gasteiger partial charge in [-0.2, -0.15) is 13.5 Å². The van der Waals surface area contributed by atoms with Gasteiger partial charge < -0.3 is 5.73 Å². The summed E-state index contributed by atoms with van der Waals surface area (Å²) in [6, 6.07) is 7.61. The van der Waals surface area contributed by atoms with Crippen molar-refractivity contribution in [1.82, 2.24) is 10.2 Å². The smallest absolute Gasteiger partial charge is 0.281 e. The Labute approximate surface area is 124 Å². The molecule has 1 aliphatic heterocycles. The van der Waals surface area contributed by atoms with Crippen LogP contribution in [0.25, 0.3) is 0 Å². The maximum atomic E-state index is 12.9. The number of sulfonamides is 1. The van der Waals surface area contributed by atoms with Crippen molar-refractivity contribution in [3.63, 3.8) is 0 Å². The summed E-state index contributed by atoms with van der Waals surface area (Å²) in [7, 11) is -3.67. The van der Waals surface area contributed by atoms with E-state index in [0.717, 1.165) is 17.7 Å². The van der Waals surface area contributed by atoms with E-state index < -0.39 is 10.0 Å². The van der Waals surface area contributed by atoms with E-state index in [0.29, 0.717) is 12.1 Å². The van der Waals surface area contributed by atoms with Crippen LogP contribution in [-0.2, 0) is 23.0 Å². The first kappa shape index (κ1) is 14.1. The molecule has 1 atom stereocenters. The van der Waals surface area contributed by atoms with Gasteiger partial charge in [0.25, 0.3) is 10.0 Å². The Balaban J connectivity index is 2.12. The minimum atomic E-state index is -3.67. The molecule has 1 aliphatic rings. The predicted octanol–water partition coefficient (Wildman–Crippen LogP) is 1.26. The van der Waals surface area contributed by atoms with Crippen molar-refractivity contribution in [3.05, 3.63) is 41.6 Å². The summed E-state index contributed by atoms with van der Waals surface area (Å²) < 4.78 is 27.3. The highest BCUT2D eigenvalue weighted by atomic mass is 32.2. The normalized spacial score (nSPS) is 18.6. The minimum Gasteiger partial charge on any atom is -0.326 e. The first-order chi connectivity index (χ1) is 10.0. The third-order valence-electron chi connectivity index (χ3n) is 3.75. The molecule has 21 heavy (non-hydrogen) atoms. The maximum absolute atomic E-state index is 12.9. The van der Waals surface area contributed by atoms with Crippen LogP contribution in [0.4, 0.5) is 5.69 Å². The van der Waals surface area contributed by atoms with Crippen molar-refractivity contribution < 1.29 is 8.42 Å². The number of nitrogens with zero attached hydrogens (tertiary/aromatic N) is 2. The molecule has 2 aromatic rings. The molecule has 3 N–H and O–H groups in total. The molecule has 0 aliphatic carbocycles. The average Bonchev–Trinajstić information content (AvgIpc) is 2.95. The van der Waals surface area contributed by atoms with Gasteiger partial charge in [-0.25, -0.2) is 0 Å². The highest BCUT2D eigenvalue weighted by molar-refractivity contribution is 7.92. The number of hydrogen-bond donors (Lipinski definition) is 2. The zero-order valence-corrected chi connectivity index (χ0v) is 12.6. The van der Waals surface area contributed by atoms with Gasteiger partial charge in [0.2, 0.25) is 0 Å². The molecule has 0 radical (unpaired) electrons. The van der Waals surface area contributed by atoms with Gasteiger partial charge in [-0.15, -0.1) is 0 Å². The lowest BCUT2D eigenvalue weighted by Crippen LogP contribution is -2.39. The number of para-hydroxylation sites is 1. The number of nitrogens with two attached hydrogens (primary N) is 1. The SMILES string of the molecule is CC1Cc2ccccc2N(S(=O)(=O)c2[nH]ncc2CN)C1. The molecule has 6 nitrogen and oxygen atoms in total. The Kier molecular flexibility index (Phi) is 3.46. The van der Waals surface area contributed by atoms with E-state index in [9.17, 15) is 8.42 Å². The van der Waals surface area contributed by atoms with Crippen LogP contribution in [0.3, 0.4) is 0 Å². The van der Waals surface area contributed by atoms with Crippen LogP contribution in [0.15, 0.2) is 35.5 Å². The van der Waals surface area contributed by atoms with Crippen LogP contribution in [0.1, 0.15) is 18.1 Å². The van der Waals surface area contributed by atoms with E-state index in [-0.39, 0.29) is 17.5 Å². The van der Waals surface area contributed by atoms with Crippen LogP contribution < -0.4 is 10.0 Å². The van der Waals surface area contributed by atoms with Crippen molar-refractivity contribution in [2.75, 3.05) is 10.8 Å². The Morgan fingerprint density at radius 2 is 2.19 bits per heavy atom. The van der Waals surface area contributed by atoms with Crippen LogP contribution in [-0.4, -0.2) is 25.2 Å². The van der Waals surface area contributed by atoms with E-state index in [1.54, 1.807) is 0 Å². The molecule has 0 saturated carbocycles. The number of aromatic nitrogens is 2. The molecule has 1 unspecified atom stereocenters. The second-order valence-electron chi connectivity index (χ2n) is 5.40. The van der Waals surface area contributed by atoms with Gasteiger partial charge in [-0.3, -0.25) is 9.40 Å². The first-order valence-electron chi connectivity index (χ1n) is 6.87. The molecule has 0 amide bonds. The number of benzene rings is 1. The van der Waals surface area contributed by atoms with Crippen molar-refractivity contribution in [3.8, 4) is 0 Å². The largest absolute Gasteiger partial charge is 0.326 e. The summed E-state index contributed by atoms with van der Waals surface area (Å²) in [6.45, 7) is 2.65. The fourth-order valence-electron chi connectivity index (χ4n) is 2.75. The summed E-state index contributed by atoms with van der Waals surface area (Å²) in [5, 5.41) is 6.49. The lowest BCUT2D eigenvalue weighted by molar-refractivity contribution is 0.542. The third-order valence-corrected chi connectivity index (χ3v) is 5.55. The number of aromatic amines is 1. The molecule has 0 fully saturated rings. The predicted molar refractivity (Wildman–Crippen MR) is 80.3 cm³/mol.